The van der Waals surface area contributed by atoms with Gasteiger partial charge in [0.15, 0.2) is 0 Å². The number of nitrogens with zero attached hydrogens (tertiary/aromatic N) is 3. The maximum Gasteiger partial charge on any atom is 0.407 e. The molecule has 0 aliphatic heterocycles. The van der Waals surface area contributed by atoms with Gasteiger partial charge in [-0.2, -0.15) is 0 Å². The number of nitrogen functional groups attached to an aromatic ring is 1. The first-order valence-electron chi connectivity index (χ1n) is 6.65. The first-order valence-corrected chi connectivity index (χ1v) is 6.65. The Kier molecular flexibility index (Phi) is 5.87. The number of nitrogens with two attached hydrogens (primary N) is 1. The summed E-state index contributed by atoms with van der Waals surface area (Å²) in [5, 5.41) is 6.24. The van der Waals surface area contributed by atoms with Gasteiger partial charge in [0.1, 0.15) is 5.60 Å². The molecule has 0 saturated heterocycles. The zero-order valence-electron chi connectivity index (χ0n) is 12.5. The highest BCUT2D eigenvalue weighted by molar-refractivity contribution is 5.68. The number of anilines is 1. The molecule has 0 bridgehead atoms. The molecule has 0 aromatic heterocycles. The summed E-state index contributed by atoms with van der Waals surface area (Å²) in [6.07, 6.45) is -0.00507. The molecule has 0 spiro atoms. The molecule has 3 N–H and O–H groups in total. The van der Waals surface area contributed by atoms with Gasteiger partial charge < -0.3 is 15.8 Å². The number of rotatable bonds is 5. The van der Waals surface area contributed by atoms with Gasteiger partial charge in [-0.25, -0.2) is 4.79 Å². The zero-order valence-corrected chi connectivity index (χ0v) is 12.5. The SMILES string of the molecule is CC(C)(C)OC(=O)N[C@H](CN=[N+]=[N-])Cc1ccc(N)cc1. The number of nitrogens with one attached hydrogen (secondary N) is 1. The first kappa shape index (κ1) is 16.7. The molecular weight excluding hydrogens is 270 g/mol. The van der Waals surface area contributed by atoms with Crippen LogP contribution in [0.4, 0.5) is 10.5 Å². The molecule has 1 rings (SSSR count). The molecule has 1 atom stereocenters. The highest BCUT2D eigenvalue weighted by Crippen LogP contribution is 2.10. The molecule has 7 nitrogen and oxygen atoms in total. The summed E-state index contributed by atoms with van der Waals surface area (Å²) in [6.45, 7) is 5.51. The summed E-state index contributed by atoms with van der Waals surface area (Å²) in [7, 11) is 0. The van der Waals surface area contributed by atoms with Gasteiger partial charge in [0.25, 0.3) is 0 Å². The van der Waals surface area contributed by atoms with E-state index < -0.39 is 11.7 Å². The van der Waals surface area contributed by atoms with Crippen molar-refractivity contribution < 1.29 is 9.53 Å². The molecule has 0 heterocycles. The van der Waals surface area contributed by atoms with E-state index in [1.165, 1.54) is 0 Å². The van der Waals surface area contributed by atoms with Crippen molar-refractivity contribution in [2.24, 2.45) is 5.11 Å². The largest absolute Gasteiger partial charge is 0.444 e. The second-order valence-corrected chi connectivity index (χ2v) is 5.70. The molecule has 21 heavy (non-hydrogen) atoms. The second kappa shape index (κ2) is 7.40. The molecule has 0 saturated carbocycles. The van der Waals surface area contributed by atoms with E-state index in [1.807, 2.05) is 12.1 Å². The van der Waals surface area contributed by atoms with Crippen LogP contribution >= 0.6 is 0 Å². The van der Waals surface area contributed by atoms with E-state index in [0.29, 0.717) is 12.1 Å². The van der Waals surface area contributed by atoms with Crippen LogP contribution in [-0.4, -0.2) is 24.3 Å². The third-order valence-electron chi connectivity index (χ3n) is 2.55. The van der Waals surface area contributed by atoms with E-state index in [4.69, 9.17) is 16.0 Å². The highest BCUT2D eigenvalue weighted by Gasteiger charge is 2.19. The van der Waals surface area contributed by atoms with E-state index in [2.05, 4.69) is 15.3 Å². The average Bonchev–Trinajstić information content (AvgIpc) is 2.36. The summed E-state index contributed by atoms with van der Waals surface area (Å²) < 4.78 is 5.20. The molecule has 0 aliphatic carbocycles. The molecule has 0 fully saturated rings. The summed E-state index contributed by atoms with van der Waals surface area (Å²) in [5.41, 5.74) is 15.1. The molecule has 1 aromatic rings. The van der Waals surface area contributed by atoms with Crippen molar-refractivity contribution in [1.82, 2.24) is 5.32 Å². The van der Waals surface area contributed by atoms with Crippen LogP contribution in [0.5, 0.6) is 0 Å². The van der Waals surface area contributed by atoms with Crippen molar-refractivity contribution >= 4 is 11.8 Å². The molecule has 7 heteroatoms. The lowest BCUT2D eigenvalue weighted by atomic mass is 10.1. The Morgan fingerprint density at radius 3 is 2.57 bits per heavy atom. The van der Waals surface area contributed by atoms with Crippen molar-refractivity contribution in [2.45, 2.75) is 38.8 Å². The second-order valence-electron chi connectivity index (χ2n) is 5.70. The van der Waals surface area contributed by atoms with Gasteiger partial charge >= 0.3 is 6.09 Å². The van der Waals surface area contributed by atoms with Gasteiger partial charge in [-0.3, -0.25) is 0 Å². The van der Waals surface area contributed by atoms with Crippen LogP contribution < -0.4 is 11.1 Å². The van der Waals surface area contributed by atoms with Crippen molar-refractivity contribution in [2.75, 3.05) is 12.3 Å². The number of carbonyl (C=O) groups is 1. The van der Waals surface area contributed by atoms with Crippen LogP contribution in [0, 0.1) is 0 Å². The minimum atomic E-state index is -0.575. The van der Waals surface area contributed by atoms with Crippen molar-refractivity contribution in [3.8, 4) is 0 Å². The molecule has 1 aromatic carbocycles. The zero-order chi connectivity index (χ0) is 15.9. The van der Waals surface area contributed by atoms with Crippen molar-refractivity contribution in [1.29, 1.82) is 0 Å². The number of azide groups is 1. The predicted octanol–water partition coefficient (Wildman–Crippen LogP) is 3.01. The quantitative estimate of drug-likeness (QED) is 0.376. The first-order chi connectivity index (χ1) is 9.80. The van der Waals surface area contributed by atoms with Crippen LogP contribution in [0.25, 0.3) is 10.4 Å². The molecule has 0 radical (unpaired) electrons. The molecule has 0 unspecified atom stereocenters. The Bertz CT molecular complexity index is 515. The van der Waals surface area contributed by atoms with Crippen LogP contribution in [0.2, 0.25) is 0 Å². The monoisotopic (exact) mass is 291 g/mol. The maximum absolute atomic E-state index is 11.8. The number of ether oxygens (including phenoxy) is 1. The molecule has 1 amide bonds. The highest BCUT2D eigenvalue weighted by atomic mass is 16.6. The Morgan fingerprint density at radius 2 is 2.05 bits per heavy atom. The van der Waals surface area contributed by atoms with E-state index in [1.54, 1.807) is 32.9 Å². The lowest BCUT2D eigenvalue weighted by Gasteiger charge is -2.23. The lowest BCUT2D eigenvalue weighted by Crippen LogP contribution is -2.41. The minimum absolute atomic E-state index is 0.153. The Hall–Kier alpha value is -2.40. The molecule has 0 aliphatic rings. The topological polar surface area (TPSA) is 113 Å². The number of alkyl carbamates (subject to hydrolysis) is 1. The molecule has 114 valence electrons. The van der Waals surface area contributed by atoms with Crippen molar-refractivity contribution in [3.05, 3.63) is 40.3 Å². The minimum Gasteiger partial charge on any atom is -0.444 e. The smallest absolute Gasteiger partial charge is 0.407 e. The van der Waals surface area contributed by atoms with E-state index in [-0.39, 0.29) is 12.6 Å². The Labute approximate surface area is 124 Å². The predicted molar refractivity (Wildman–Crippen MR) is 81.7 cm³/mol. The lowest BCUT2D eigenvalue weighted by molar-refractivity contribution is 0.0506. The molecular formula is C14H21N5O2. The summed E-state index contributed by atoms with van der Waals surface area (Å²) in [5.74, 6) is 0. The summed E-state index contributed by atoms with van der Waals surface area (Å²) in [6, 6.07) is 6.98. The van der Waals surface area contributed by atoms with E-state index in [0.717, 1.165) is 5.56 Å². The van der Waals surface area contributed by atoms with Gasteiger partial charge in [-0.15, -0.1) is 0 Å². The summed E-state index contributed by atoms with van der Waals surface area (Å²) >= 11 is 0. The maximum atomic E-state index is 11.8. The van der Waals surface area contributed by atoms with Gasteiger partial charge in [-0.05, 0) is 50.4 Å². The van der Waals surface area contributed by atoms with E-state index >= 15 is 0 Å². The normalized spacial score (nSPS) is 12.1. The van der Waals surface area contributed by atoms with E-state index in [9.17, 15) is 4.79 Å². The standard InChI is InChI=1S/C14H21N5O2/c1-14(2,3)21-13(20)18-12(9-17-19-16)8-10-4-6-11(15)7-5-10/h4-7,12H,8-9,15H2,1-3H3,(H,18,20)/t12-/m0/s1. The number of hydrogen-bond acceptors (Lipinski definition) is 4. The van der Waals surface area contributed by atoms with Crippen LogP contribution in [0.15, 0.2) is 29.4 Å². The summed E-state index contributed by atoms with van der Waals surface area (Å²) in [4.78, 5) is 14.5. The average molecular weight is 291 g/mol. The number of hydrogen-bond donors (Lipinski definition) is 2. The number of carbonyl (C=O) groups excluding carboxylic acids is 1. The van der Waals surface area contributed by atoms with Gasteiger partial charge in [0, 0.05) is 23.2 Å². The van der Waals surface area contributed by atoms with Crippen LogP contribution in [0.1, 0.15) is 26.3 Å². The Balaban J connectivity index is 2.69. The Morgan fingerprint density at radius 1 is 1.43 bits per heavy atom. The van der Waals surface area contributed by atoms with Gasteiger partial charge in [0.2, 0.25) is 0 Å². The third-order valence-corrected chi connectivity index (χ3v) is 2.55. The van der Waals surface area contributed by atoms with Gasteiger partial charge in [-0.1, -0.05) is 17.2 Å². The fourth-order valence-corrected chi connectivity index (χ4v) is 1.71. The van der Waals surface area contributed by atoms with Gasteiger partial charge in [0.05, 0.1) is 0 Å². The fraction of sp³-hybridized carbons (Fsp3) is 0.500. The fourth-order valence-electron chi connectivity index (χ4n) is 1.71. The van der Waals surface area contributed by atoms with Crippen molar-refractivity contribution in [3.63, 3.8) is 0 Å². The number of amides is 1. The van der Waals surface area contributed by atoms with Crippen LogP contribution in [-0.2, 0) is 11.2 Å². The van der Waals surface area contributed by atoms with Crippen LogP contribution in [0.3, 0.4) is 0 Å². The third kappa shape index (κ3) is 7.08. The number of benzene rings is 1.